The first kappa shape index (κ1) is 22.9. The van der Waals surface area contributed by atoms with Gasteiger partial charge in [0.05, 0.1) is 5.56 Å². The SMILES string of the molecule is CCCCC1CCCC(C(=O)c2n[nH]c(Cc3ccc(-c4ccccc4C(=O)O)cc3)n2)C1. The number of aromatic amines is 1. The average Bonchev–Trinajstić information content (AvgIpc) is 3.31. The van der Waals surface area contributed by atoms with Crippen LogP contribution in [0, 0.1) is 11.8 Å². The van der Waals surface area contributed by atoms with Crippen LogP contribution in [-0.2, 0) is 6.42 Å². The van der Waals surface area contributed by atoms with E-state index in [9.17, 15) is 14.7 Å². The van der Waals surface area contributed by atoms with Gasteiger partial charge < -0.3 is 5.11 Å². The molecule has 2 aromatic carbocycles. The van der Waals surface area contributed by atoms with E-state index in [0.717, 1.165) is 30.4 Å². The maximum Gasteiger partial charge on any atom is 0.336 e. The van der Waals surface area contributed by atoms with E-state index in [1.807, 2.05) is 36.4 Å². The number of hydrogen-bond acceptors (Lipinski definition) is 4. The van der Waals surface area contributed by atoms with E-state index < -0.39 is 5.97 Å². The predicted octanol–water partition coefficient (Wildman–Crippen LogP) is 5.94. The van der Waals surface area contributed by atoms with Crippen molar-refractivity contribution in [2.75, 3.05) is 0 Å². The Morgan fingerprint density at radius 3 is 2.64 bits per heavy atom. The van der Waals surface area contributed by atoms with Crippen molar-refractivity contribution < 1.29 is 14.7 Å². The number of aromatic carboxylic acids is 1. The molecule has 33 heavy (non-hydrogen) atoms. The van der Waals surface area contributed by atoms with Crippen molar-refractivity contribution in [3.05, 3.63) is 71.3 Å². The molecule has 2 atom stereocenters. The summed E-state index contributed by atoms with van der Waals surface area (Å²) < 4.78 is 0. The minimum atomic E-state index is -0.941. The second-order valence-corrected chi connectivity index (χ2v) is 9.07. The number of carboxylic acid groups (broad SMARTS) is 1. The van der Waals surface area contributed by atoms with Crippen molar-refractivity contribution in [3.8, 4) is 11.1 Å². The zero-order valence-electron chi connectivity index (χ0n) is 19.1. The Labute approximate surface area is 194 Å². The van der Waals surface area contributed by atoms with Gasteiger partial charge in [0.15, 0.2) is 0 Å². The van der Waals surface area contributed by atoms with Crippen LogP contribution in [0.25, 0.3) is 11.1 Å². The Balaban J connectivity index is 1.41. The van der Waals surface area contributed by atoms with Crippen molar-refractivity contribution in [1.29, 1.82) is 0 Å². The van der Waals surface area contributed by atoms with Crippen LogP contribution in [0.1, 0.15) is 84.2 Å². The third kappa shape index (κ3) is 5.56. The monoisotopic (exact) mass is 445 g/mol. The molecule has 1 aliphatic rings. The lowest BCUT2D eigenvalue weighted by molar-refractivity contribution is 0.0697. The smallest absolute Gasteiger partial charge is 0.336 e. The number of carbonyl (C=O) groups excluding carboxylic acids is 1. The van der Waals surface area contributed by atoms with Gasteiger partial charge in [-0.15, -0.1) is 0 Å². The zero-order chi connectivity index (χ0) is 23.2. The number of carboxylic acids is 1. The molecule has 0 amide bonds. The maximum atomic E-state index is 13.0. The molecule has 0 spiro atoms. The fourth-order valence-electron chi connectivity index (χ4n) is 4.87. The molecule has 6 nitrogen and oxygen atoms in total. The molecule has 1 saturated carbocycles. The van der Waals surface area contributed by atoms with Crippen LogP contribution in [0.2, 0.25) is 0 Å². The summed E-state index contributed by atoms with van der Waals surface area (Å²) in [5.41, 5.74) is 2.83. The van der Waals surface area contributed by atoms with Crippen molar-refractivity contribution in [1.82, 2.24) is 15.2 Å². The number of carbonyl (C=O) groups is 2. The van der Waals surface area contributed by atoms with Crippen molar-refractivity contribution in [2.24, 2.45) is 11.8 Å². The first-order valence-electron chi connectivity index (χ1n) is 11.9. The zero-order valence-corrected chi connectivity index (χ0v) is 19.1. The molecule has 4 rings (SSSR count). The second kappa shape index (κ2) is 10.6. The van der Waals surface area contributed by atoms with Crippen molar-refractivity contribution in [2.45, 2.75) is 58.3 Å². The first-order valence-corrected chi connectivity index (χ1v) is 11.9. The lowest BCUT2D eigenvalue weighted by atomic mass is 9.77. The van der Waals surface area contributed by atoms with Gasteiger partial charge in [0, 0.05) is 12.3 Å². The van der Waals surface area contributed by atoms with Crippen molar-refractivity contribution in [3.63, 3.8) is 0 Å². The predicted molar refractivity (Wildman–Crippen MR) is 127 cm³/mol. The normalized spacial score (nSPS) is 18.2. The van der Waals surface area contributed by atoms with Gasteiger partial charge in [-0.2, -0.15) is 5.10 Å². The van der Waals surface area contributed by atoms with Crippen LogP contribution in [0.4, 0.5) is 0 Å². The number of Topliss-reactive ketones (excluding diaryl/α,β-unsaturated/α-hetero) is 1. The van der Waals surface area contributed by atoms with Gasteiger partial charge >= 0.3 is 5.97 Å². The minimum absolute atomic E-state index is 0.0397. The minimum Gasteiger partial charge on any atom is -0.478 e. The number of nitrogens with zero attached hydrogens (tertiary/aromatic N) is 2. The molecule has 2 N–H and O–H groups in total. The van der Waals surface area contributed by atoms with Gasteiger partial charge in [-0.05, 0) is 41.5 Å². The topological polar surface area (TPSA) is 95.9 Å². The highest BCUT2D eigenvalue weighted by molar-refractivity contribution is 5.96. The van der Waals surface area contributed by atoms with Crippen LogP contribution in [0.5, 0.6) is 0 Å². The van der Waals surface area contributed by atoms with Gasteiger partial charge in [0.2, 0.25) is 11.6 Å². The standard InChI is InChI=1S/C27H31N3O3/c1-2-3-7-18-8-6-9-21(16-18)25(31)26-28-24(29-30-26)17-19-12-14-20(15-13-19)22-10-4-5-11-23(22)27(32)33/h4-5,10-15,18,21H,2-3,6-9,16-17H2,1H3,(H,32,33)(H,28,29,30). The van der Waals surface area contributed by atoms with Crippen LogP contribution in [0.15, 0.2) is 48.5 Å². The van der Waals surface area contributed by atoms with Crippen LogP contribution in [-0.4, -0.2) is 32.0 Å². The quantitative estimate of drug-likeness (QED) is 0.397. The van der Waals surface area contributed by atoms with Crippen molar-refractivity contribution >= 4 is 11.8 Å². The van der Waals surface area contributed by atoms with E-state index in [1.54, 1.807) is 12.1 Å². The van der Waals surface area contributed by atoms with Crippen LogP contribution >= 0.6 is 0 Å². The van der Waals surface area contributed by atoms with E-state index in [1.165, 1.54) is 25.7 Å². The fourth-order valence-corrected chi connectivity index (χ4v) is 4.87. The molecule has 0 saturated heterocycles. The molecule has 172 valence electrons. The second-order valence-electron chi connectivity index (χ2n) is 9.07. The number of aromatic nitrogens is 3. The molecule has 0 aliphatic heterocycles. The van der Waals surface area contributed by atoms with E-state index in [4.69, 9.17) is 0 Å². The van der Waals surface area contributed by atoms with E-state index in [2.05, 4.69) is 22.1 Å². The van der Waals surface area contributed by atoms with Gasteiger partial charge in [0.1, 0.15) is 5.82 Å². The molecule has 1 aliphatic carbocycles. The van der Waals surface area contributed by atoms with E-state index >= 15 is 0 Å². The van der Waals surface area contributed by atoms with Gasteiger partial charge in [-0.1, -0.05) is 81.5 Å². The molecule has 0 bridgehead atoms. The highest BCUT2D eigenvalue weighted by atomic mass is 16.4. The van der Waals surface area contributed by atoms with Gasteiger partial charge in [-0.3, -0.25) is 9.89 Å². The summed E-state index contributed by atoms with van der Waals surface area (Å²) in [6.45, 7) is 2.21. The molecule has 6 heteroatoms. The Morgan fingerprint density at radius 2 is 1.88 bits per heavy atom. The van der Waals surface area contributed by atoms with Gasteiger partial charge in [0.25, 0.3) is 0 Å². The molecular weight excluding hydrogens is 414 g/mol. The molecule has 2 unspecified atom stereocenters. The molecule has 1 aromatic heterocycles. The summed E-state index contributed by atoms with van der Waals surface area (Å²) in [5, 5.41) is 16.6. The summed E-state index contributed by atoms with van der Waals surface area (Å²) in [7, 11) is 0. The van der Waals surface area contributed by atoms with Crippen LogP contribution in [0.3, 0.4) is 0 Å². The Kier molecular flexibility index (Phi) is 7.33. The summed E-state index contributed by atoms with van der Waals surface area (Å²) >= 11 is 0. The Hall–Kier alpha value is -3.28. The molecular formula is C27H31N3O3. The van der Waals surface area contributed by atoms with Gasteiger partial charge in [-0.25, -0.2) is 9.78 Å². The summed E-state index contributed by atoms with van der Waals surface area (Å²) in [4.78, 5) is 29.0. The third-order valence-corrected chi connectivity index (χ3v) is 6.67. The summed E-state index contributed by atoms with van der Waals surface area (Å²) in [6, 6.07) is 14.7. The number of nitrogens with one attached hydrogen (secondary N) is 1. The fraction of sp³-hybridized carbons (Fsp3) is 0.407. The number of hydrogen-bond donors (Lipinski definition) is 2. The lowest BCUT2D eigenvalue weighted by Crippen LogP contribution is -2.24. The largest absolute Gasteiger partial charge is 0.478 e. The average molecular weight is 446 g/mol. The lowest BCUT2D eigenvalue weighted by Gasteiger charge is -2.27. The Bertz CT molecular complexity index is 1100. The molecule has 0 radical (unpaired) electrons. The number of ketones is 1. The molecule has 1 fully saturated rings. The Morgan fingerprint density at radius 1 is 1.09 bits per heavy atom. The first-order chi connectivity index (χ1) is 16.0. The molecule has 3 aromatic rings. The summed E-state index contributed by atoms with van der Waals surface area (Å²) in [6.07, 6.45) is 8.42. The molecule has 1 heterocycles. The highest BCUT2D eigenvalue weighted by Crippen LogP contribution is 2.33. The highest BCUT2D eigenvalue weighted by Gasteiger charge is 2.29. The number of unbranched alkanes of at least 4 members (excludes halogenated alkanes) is 1. The summed E-state index contributed by atoms with van der Waals surface area (Å²) in [5.74, 6) is 0.782. The van der Waals surface area contributed by atoms with Crippen LogP contribution < -0.4 is 0 Å². The van der Waals surface area contributed by atoms with E-state index in [0.29, 0.717) is 29.6 Å². The number of H-pyrrole nitrogens is 1. The third-order valence-electron chi connectivity index (χ3n) is 6.67. The number of benzene rings is 2. The van der Waals surface area contributed by atoms with E-state index in [-0.39, 0.29) is 17.3 Å². The number of rotatable bonds is 9. The maximum absolute atomic E-state index is 13.0.